The molecule has 220 valence electrons. The Morgan fingerprint density at radius 2 is 2.00 bits per heavy atom. The normalized spacial score (nSPS) is 20.8. The van der Waals surface area contributed by atoms with Crippen LogP contribution >= 0.6 is 11.6 Å². The number of piperazine rings is 1. The Morgan fingerprint density at radius 3 is 2.79 bits per heavy atom. The number of nitrogens with zero attached hydrogens (tertiary/aromatic N) is 5. The third-order valence-corrected chi connectivity index (χ3v) is 8.75. The van der Waals surface area contributed by atoms with Gasteiger partial charge in [0.1, 0.15) is 18.4 Å². The lowest BCUT2D eigenvalue weighted by molar-refractivity contribution is -0.0295. The van der Waals surface area contributed by atoms with Crippen LogP contribution in [0.3, 0.4) is 0 Å². The van der Waals surface area contributed by atoms with Gasteiger partial charge in [0.25, 0.3) is 0 Å². The zero-order valence-electron chi connectivity index (χ0n) is 24.5. The predicted molar refractivity (Wildman–Crippen MR) is 163 cm³/mol. The maximum atomic E-state index is 12.8. The van der Waals surface area contributed by atoms with E-state index >= 15 is 0 Å². The molecule has 1 unspecified atom stereocenters. The number of hydrogen-bond acceptors (Lipinski definition) is 7. The first-order chi connectivity index (χ1) is 20.2. The van der Waals surface area contributed by atoms with Crippen molar-refractivity contribution in [2.24, 2.45) is 0 Å². The van der Waals surface area contributed by atoms with E-state index in [0.29, 0.717) is 31.3 Å². The van der Waals surface area contributed by atoms with Crippen LogP contribution < -0.4 is 9.64 Å². The van der Waals surface area contributed by atoms with Crippen molar-refractivity contribution in [1.82, 2.24) is 19.4 Å². The Kier molecular flexibility index (Phi) is 6.70. The standard InChI is InChI=1S/C32H36ClN5O4/c1-19-8-9-25-29(35-18-38(25)27-7-5-6-12-40-27)28(19)21-14-24-22(13-23(21)33)30-26(15-34-24)41-17-20-16-36(10-11-37(20)30)31(39)42-32(2,3)4/h8-9,13-15,18,20,27H,5-7,10-12,16-17H2,1-4H3/t20-,27?/m1/s1. The van der Waals surface area contributed by atoms with Gasteiger partial charge in [-0.1, -0.05) is 17.7 Å². The van der Waals surface area contributed by atoms with Crippen molar-refractivity contribution in [1.29, 1.82) is 0 Å². The summed E-state index contributed by atoms with van der Waals surface area (Å²) in [5.74, 6) is 0.734. The summed E-state index contributed by atoms with van der Waals surface area (Å²) in [4.78, 5) is 26.5. The molecular formula is C32H36ClN5O4. The van der Waals surface area contributed by atoms with E-state index < -0.39 is 5.60 Å². The van der Waals surface area contributed by atoms with Crippen LogP contribution in [-0.2, 0) is 9.47 Å². The highest BCUT2D eigenvalue weighted by Crippen LogP contribution is 2.45. The van der Waals surface area contributed by atoms with E-state index in [-0.39, 0.29) is 18.4 Å². The van der Waals surface area contributed by atoms with Crippen molar-refractivity contribution < 1.29 is 19.0 Å². The Labute approximate surface area is 250 Å². The maximum absolute atomic E-state index is 12.8. The van der Waals surface area contributed by atoms with E-state index in [0.717, 1.165) is 75.9 Å². The van der Waals surface area contributed by atoms with Crippen LogP contribution in [0.5, 0.6) is 5.75 Å². The number of aromatic nitrogens is 3. The number of rotatable bonds is 2. The Hall–Kier alpha value is -3.56. The molecular weight excluding hydrogens is 554 g/mol. The zero-order valence-corrected chi connectivity index (χ0v) is 25.3. The number of hydrogen-bond donors (Lipinski definition) is 0. The molecule has 0 N–H and O–H groups in total. The van der Waals surface area contributed by atoms with Gasteiger partial charge in [-0.2, -0.15) is 0 Å². The summed E-state index contributed by atoms with van der Waals surface area (Å²) in [6.07, 6.45) is 6.63. The molecule has 10 heteroatoms. The molecule has 2 fully saturated rings. The number of anilines is 1. The zero-order chi connectivity index (χ0) is 29.2. The molecule has 0 saturated carbocycles. The molecule has 2 saturated heterocycles. The number of benzene rings is 2. The van der Waals surface area contributed by atoms with Crippen LogP contribution in [-0.4, -0.2) is 70.0 Å². The predicted octanol–water partition coefficient (Wildman–Crippen LogP) is 6.73. The number of halogens is 1. The first kappa shape index (κ1) is 27.3. The number of carbonyl (C=O) groups excluding carboxylic acids is 1. The molecule has 0 aliphatic carbocycles. The highest BCUT2D eigenvalue weighted by Gasteiger charge is 2.37. The number of carbonyl (C=O) groups is 1. The summed E-state index contributed by atoms with van der Waals surface area (Å²) in [5.41, 5.74) is 6.22. The van der Waals surface area contributed by atoms with Gasteiger partial charge in [0, 0.05) is 47.8 Å². The second-order valence-electron chi connectivity index (χ2n) is 12.5. The van der Waals surface area contributed by atoms with Crippen molar-refractivity contribution in [3.8, 4) is 16.9 Å². The molecule has 4 aromatic rings. The number of imidazole rings is 1. The van der Waals surface area contributed by atoms with E-state index in [9.17, 15) is 4.79 Å². The minimum atomic E-state index is -0.537. The molecule has 3 aliphatic heterocycles. The highest BCUT2D eigenvalue weighted by atomic mass is 35.5. The van der Waals surface area contributed by atoms with Gasteiger partial charge in [-0.05, 0) is 70.7 Å². The SMILES string of the molecule is Cc1ccc2c(ncn2C2CCCCO2)c1-c1cc2ncc3c(c2cc1Cl)N1CCN(C(=O)OC(C)(C)C)C[C@@H]1CO3. The van der Waals surface area contributed by atoms with Crippen LogP contribution in [0, 0.1) is 6.92 Å². The van der Waals surface area contributed by atoms with Crippen LogP contribution in [0.15, 0.2) is 36.8 Å². The first-order valence-electron chi connectivity index (χ1n) is 14.8. The van der Waals surface area contributed by atoms with Crippen molar-refractivity contribution >= 4 is 45.3 Å². The highest BCUT2D eigenvalue weighted by molar-refractivity contribution is 6.35. The number of ether oxygens (including phenoxy) is 3. The van der Waals surface area contributed by atoms with Gasteiger partial charge in [-0.15, -0.1) is 0 Å². The molecule has 2 atom stereocenters. The number of amides is 1. The monoisotopic (exact) mass is 589 g/mol. The number of pyridine rings is 1. The van der Waals surface area contributed by atoms with Gasteiger partial charge >= 0.3 is 6.09 Å². The minimum absolute atomic E-state index is 0.00306. The fourth-order valence-electron chi connectivity index (χ4n) is 6.46. The fraction of sp³-hybridized carbons (Fsp3) is 0.469. The van der Waals surface area contributed by atoms with E-state index in [1.807, 2.05) is 33.2 Å². The summed E-state index contributed by atoms with van der Waals surface area (Å²) >= 11 is 7.09. The van der Waals surface area contributed by atoms with Gasteiger partial charge in [-0.3, -0.25) is 4.98 Å². The average molecular weight is 590 g/mol. The number of fused-ring (bicyclic) bond motifs is 6. The third-order valence-electron chi connectivity index (χ3n) is 8.44. The molecule has 2 aromatic carbocycles. The summed E-state index contributed by atoms with van der Waals surface area (Å²) in [6.45, 7) is 10.8. The summed E-state index contributed by atoms with van der Waals surface area (Å²) in [5, 5.41) is 1.56. The van der Waals surface area contributed by atoms with Crippen molar-refractivity contribution in [2.75, 3.05) is 37.7 Å². The lowest BCUT2D eigenvalue weighted by Crippen LogP contribution is -2.59. The van der Waals surface area contributed by atoms with Gasteiger partial charge < -0.3 is 28.6 Å². The van der Waals surface area contributed by atoms with Gasteiger partial charge in [0.05, 0.1) is 40.8 Å². The summed E-state index contributed by atoms with van der Waals surface area (Å²) in [7, 11) is 0. The molecule has 0 radical (unpaired) electrons. The fourth-order valence-corrected chi connectivity index (χ4v) is 6.72. The largest absolute Gasteiger partial charge is 0.488 e. The van der Waals surface area contributed by atoms with E-state index in [4.69, 9.17) is 35.8 Å². The Morgan fingerprint density at radius 1 is 1.14 bits per heavy atom. The third kappa shape index (κ3) is 4.72. The van der Waals surface area contributed by atoms with Gasteiger partial charge in [-0.25, -0.2) is 9.78 Å². The molecule has 2 aromatic heterocycles. The maximum Gasteiger partial charge on any atom is 0.410 e. The van der Waals surface area contributed by atoms with Crippen LogP contribution in [0.4, 0.5) is 10.5 Å². The van der Waals surface area contributed by atoms with E-state index in [2.05, 4.69) is 34.6 Å². The lowest BCUT2D eigenvalue weighted by Gasteiger charge is -2.45. The van der Waals surface area contributed by atoms with Crippen LogP contribution in [0.1, 0.15) is 51.8 Å². The molecule has 42 heavy (non-hydrogen) atoms. The molecule has 1 amide bonds. The Balaban J connectivity index is 1.25. The van der Waals surface area contributed by atoms with Gasteiger partial charge in [0.2, 0.25) is 0 Å². The quantitative estimate of drug-likeness (QED) is 0.256. The van der Waals surface area contributed by atoms with Crippen molar-refractivity contribution in [3.05, 3.63) is 47.4 Å². The second kappa shape index (κ2) is 10.3. The van der Waals surface area contributed by atoms with Crippen molar-refractivity contribution in [2.45, 2.75) is 64.8 Å². The molecule has 0 spiro atoms. The molecule has 3 aliphatic rings. The smallest absolute Gasteiger partial charge is 0.410 e. The van der Waals surface area contributed by atoms with Crippen molar-refractivity contribution in [3.63, 3.8) is 0 Å². The minimum Gasteiger partial charge on any atom is -0.488 e. The first-order valence-corrected chi connectivity index (χ1v) is 15.1. The summed E-state index contributed by atoms with van der Waals surface area (Å²) < 4.78 is 20.0. The van der Waals surface area contributed by atoms with E-state index in [1.54, 1.807) is 11.1 Å². The Bertz CT molecular complexity index is 1690. The summed E-state index contributed by atoms with van der Waals surface area (Å²) in [6, 6.07) is 8.32. The molecule has 7 rings (SSSR count). The average Bonchev–Trinajstić information content (AvgIpc) is 3.40. The van der Waals surface area contributed by atoms with Gasteiger partial charge in [0.15, 0.2) is 5.75 Å². The lowest BCUT2D eigenvalue weighted by atomic mass is 9.96. The van der Waals surface area contributed by atoms with E-state index in [1.165, 1.54) is 0 Å². The van der Waals surface area contributed by atoms with Crippen LogP contribution in [0.25, 0.3) is 33.1 Å². The second-order valence-corrected chi connectivity index (χ2v) is 12.9. The molecule has 5 heterocycles. The number of aryl methyl sites for hydroxylation is 1. The topological polar surface area (TPSA) is 82.0 Å². The molecule has 9 nitrogen and oxygen atoms in total. The van der Waals surface area contributed by atoms with Crippen LogP contribution in [0.2, 0.25) is 5.02 Å². The molecule has 0 bridgehead atoms.